The van der Waals surface area contributed by atoms with E-state index < -0.39 is 0 Å². The average molecular weight is 531 g/mol. The first-order chi connectivity index (χ1) is 18.5. The number of hydrogen-bond donors (Lipinski definition) is 1. The third kappa shape index (κ3) is 5.68. The molecule has 7 nitrogen and oxygen atoms in total. The molecule has 0 saturated carbocycles. The number of hydrogen-bond acceptors (Lipinski definition) is 4. The maximum atomic E-state index is 13.4. The standard InChI is InChI=1S/C30H31ClN4O3/c31-26-12-6-4-10-24(26)29(37)34-16-14-22(15-17-34)28(36)32-27-13-7-5-11-25(27)30(38)35-20-18-33(19-21-35)23-8-2-1-3-9-23/h1-13,22H,14-21H2,(H,32,36). The predicted octanol–water partition coefficient (Wildman–Crippen LogP) is 4.79. The minimum absolute atomic E-state index is 0.0752. The van der Waals surface area contributed by atoms with Crippen LogP contribution < -0.4 is 10.2 Å². The van der Waals surface area contributed by atoms with Gasteiger partial charge in [0, 0.05) is 50.9 Å². The molecule has 0 unspecified atom stereocenters. The molecule has 5 rings (SSSR count). The number of carbonyl (C=O) groups is 3. The topological polar surface area (TPSA) is 73.0 Å². The van der Waals surface area contributed by atoms with Gasteiger partial charge in [-0.2, -0.15) is 0 Å². The van der Waals surface area contributed by atoms with Crippen LogP contribution in [0.25, 0.3) is 0 Å². The summed E-state index contributed by atoms with van der Waals surface area (Å²) in [6.07, 6.45) is 1.11. The number of piperazine rings is 1. The molecule has 3 aromatic carbocycles. The summed E-state index contributed by atoms with van der Waals surface area (Å²) in [4.78, 5) is 45.3. The highest BCUT2D eigenvalue weighted by Crippen LogP contribution is 2.25. The molecule has 2 aliphatic heterocycles. The van der Waals surface area contributed by atoms with Crippen molar-refractivity contribution in [1.29, 1.82) is 0 Å². The molecule has 2 aliphatic rings. The molecule has 1 N–H and O–H groups in total. The maximum Gasteiger partial charge on any atom is 0.256 e. The van der Waals surface area contributed by atoms with Crippen molar-refractivity contribution in [1.82, 2.24) is 9.80 Å². The third-order valence-corrected chi connectivity index (χ3v) is 7.69. The lowest BCUT2D eigenvalue weighted by Gasteiger charge is -2.36. The van der Waals surface area contributed by atoms with Crippen molar-refractivity contribution in [3.05, 3.63) is 95.0 Å². The Morgan fingerprint density at radius 3 is 1.89 bits per heavy atom. The number of carbonyl (C=O) groups excluding carboxylic acids is 3. The zero-order valence-electron chi connectivity index (χ0n) is 21.2. The molecule has 2 saturated heterocycles. The van der Waals surface area contributed by atoms with Gasteiger partial charge in [0.2, 0.25) is 5.91 Å². The zero-order valence-corrected chi connectivity index (χ0v) is 21.9. The summed E-state index contributed by atoms with van der Waals surface area (Å²) in [5.41, 5.74) is 2.67. The summed E-state index contributed by atoms with van der Waals surface area (Å²) in [5, 5.41) is 3.43. The van der Waals surface area contributed by atoms with E-state index in [4.69, 9.17) is 11.6 Å². The fourth-order valence-electron chi connectivity index (χ4n) is 5.14. The summed E-state index contributed by atoms with van der Waals surface area (Å²) in [7, 11) is 0. The largest absolute Gasteiger partial charge is 0.368 e. The van der Waals surface area contributed by atoms with Gasteiger partial charge in [-0.3, -0.25) is 14.4 Å². The van der Waals surface area contributed by atoms with Crippen molar-refractivity contribution in [3.8, 4) is 0 Å². The second-order valence-electron chi connectivity index (χ2n) is 9.70. The minimum atomic E-state index is -0.233. The lowest BCUT2D eigenvalue weighted by molar-refractivity contribution is -0.121. The van der Waals surface area contributed by atoms with Gasteiger partial charge in [0.15, 0.2) is 0 Å². The van der Waals surface area contributed by atoms with Crippen LogP contribution in [0.1, 0.15) is 33.6 Å². The van der Waals surface area contributed by atoms with E-state index in [1.54, 1.807) is 41.3 Å². The molecule has 0 bridgehead atoms. The van der Waals surface area contributed by atoms with E-state index >= 15 is 0 Å². The van der Waals surface area contributed by atoms with E-state index in [2.05, 4.69) is 22.3 Å². The second kappa shape index (κ2) is 11.7. The van der Waals surface area contributed by atoms with Gasteiger partial charge in [-0.25, -0.2) is 0 Å². The van der Waals surface area contributed by atoms with Crippen molar-refractivity contribution in [2.45, 2.75) is 12.8 Å². The van der Waals surface area contributed by atoms with Crippen LogP contribution in [0, 0.1) is 5.92 Å². The maximum absolute atomic E-state index is 13.4. The number of piperidine rings is 1. The molecule has 0 radical (unpaired) electrons. The predicted molar refractivity (Wildman–Crippen MR) is 150 cm³/mol. The number of rotatable bonds is 5. The minimum Gasteiger partial charge on any atom is -0.368 e. The van der Waals surface area contributed by atoms with Crippen molar-refractivity contribution < 1.29 is 14.4 Å². The van der Waals surface area contributed by atoms with Crippen LogP contribution in [0.4, 0.5) is 11.4 Å². The van der Waals surface area contributed by atoms with Crippen molar-refractivity contribution in [2.75, 3.05) is 49.5 Å². The number of para-hydroxylation sites is 2. The molecule has 0 spiro atoms. The zero-order chi connectivity index (χ0) is 26.5. The monoisotopic (exact) mass is 530 g/mol. The lowest BCUT2D eigenvalue weighted by Crippen LogP contribution is -2.49. The fraction of sp³-hybridized carbons (Fsp3) is 0.300. The first-order valence-corrected chi connectivity index (χ1v) is 13.4. The number of anilines is 2. The Morgan fingerprint density at radius 1 is 0.658 bits per heavy atom. The number of likely N-dealkylation sites (tertiary alicyclic amines) is 1. The summed E-state index contributed by atoms with van der Waals surface area (Å²) in [6, 6.07) is 24.4. The Labute approximate surface area is 228 Å². The first kappa shape index (κ1) is 25.8. The van der Waals surface area contributed by atoms with Gasteiger partial charge in [-0.15, -0.1) is 0 Å². The van der Waals surface area contributed by atoms with Crippen LogP contribution in [0.2, 0.25) is 5.02 Å². The molecule has 2 heterocycles. The molecule has 3 aromatic rings. The number of benzene rings is 3. The Morgan fingerprint density at radius 2 is 1.21 bits per heavy atom. The normalized spacial score (nSPS) is 16.3. The van der Waals surface area contributed by atoms with Crippen molar-refractivity contribution in [3.63, 3.8) is 0 Å². The fourth-order valence-corrected chi connectivity index (χ4v) is 5.36. The van der Waals surface area contributed by atoms with Crippen LogP contribution in [0.3, 0.4) is 0 Å². The van der Waals surface area contributed by atoms with Crippen LogP contribution in [0.15, 0.2) is 78.9 Å². The Balaban J connectivity index is 1.17. The van der Waals surface area contributed by atoms with E-state index in [1.807, 2.05) is 35.2 Å². The number of halogens is 1. The molecule has 0 aromatic heterocycles. The van der Waals surface area contributed by atoms with E-state index in [0.717, 1.165) is 18.8 Å². The second-order valence-corrected chi connectivity index (χ2v) is 10.1. The Hall–Kier alpha value is -3.84. The molecule has 38 heavy (non-hydrogen) atoms. The highest BCUT2D eigenvalue weighted by atomic mass is 35.5. The molecule has 0 aliphatic carbocycles. The molecule has 8 heteroatoms. The van der Waals surface area contributed by atoms with Gasteiger partial charge < -0.3 is 20.0 Å². The number of nitrogens with one attached hydrogen (secondary N) is 1. The first-order valence-electron chi connectivity index (χ1n) is 13.0. The van der Waals surface area contributed by atoms with Crippen molar-refractivity contribution in [2.24, 2.45) is 5.92 Å². The molecule has 3 amide bonds. The van der Waals surface area contributed by atoms with E-state index in [0.29, 0.717) is 60.9 Å². The Kier molecular flexibility index (Phi) is 7.94. The average Bonchev–Trinajstić information content (AvgIpc) is 2.97. The molecular weight excluding hydrogens is 500 g/mol. The summed E-state index contributed by atoms with van der Waals surface area (Å²) in [6.45, 7) is 3.72. The SMILES string of the molecule is O=C(Nc1ccccc1C(=O)N1CCN(c2ccccc2)CC1)C1CCN(C(=O)c2ccccc2Cl)CC1. The summed E-state index contributed by atoms with van der Waals surface area (Å²) < 4.78 is 0. The van der Waals surface area contributed by atoms with E-state index in [1.165, 1.54) is 0 Å². The number of nitrogens with zero attached hydrogens (tertiary/aromatic N) is 3. The van der Waals surface area contributed by atoms with E-state index in [9.17, 15) is 14.4 Å². The highest BCUT2D eigenvalue weighted by Gasteiger charge is 2.30. The highest BCUT2D eigenvalue weighted by molar-refractivity contribution is 6.33. The van der Waals surface area contributed by atoms with E-state index in [-0.39, 0.29) is 23.6 Å². The summed E-state index contributed by atoms with van der Waals surface area (Å²) >= 11 is 6.19. The number of amides is 3. The van der Waals surface area contributed by atoms with Gasteiger partial charge in [0.05, 0.1) is 21.8 Å². The van der Waals surface area contributed by atoms with Gasteiger partial charge in [0.1, 0.15) is 0 Å². The smallest absolute Gasteiger partial charge is 0.256 e. The van der Waals surface area contributed by atoms with Crippen LogP contribution in [0.5, 0.6) is 0 Å². The molecular formula is C30H31ClN4O3. The van der Waals surface area contributed by atoms with Crippen LogP contribution in [-0.4, -0.2) is 66.8 Å². The van der Waals surface area contributed by atoms with Crippen LogP contribution >= 0.6 is 11.6 Å². The van der Waals surface area contributed by atoms with Crippen molar-refractivity contribution >= 4 is 40.7 Å². The quantitative estimate of drug-likeness (QED) is 0.514. The molecule has 2 fully saturated rings. The molecule has 196 valence electrons. The van der Waals surface area contributed by atoms with Gasteiger partial charge in [-0.05, 0) is 49.2 Å². The molecule has 0 atom stereocenters. The lowest BCUT2D eigenvalue weighted by atomic mass is 9.95. The van der Waals surface area contributed by atoms with Gasteiger partial charge in [0.25, 0.3) is 11.8 Å². The van der Waals surface area contributed by atoms with Gasteiger partial charge >= 0.3 is 0 Å². The Bertz CT molecular complexity index is 1300. The van der Waals surface area contributed by atoms with Crippen LogP contribution in [-0.2, 0) is 4.79 Å². The van der Waals surface area contributed by atoms with Gasteiger partial charge in [-0.1, -0.05) is 54.1 Å². The third-order valence-electron chi connectivity index (χ3n) is 7.36. The summed E-state index contributed by atoms with van der Waals surface area (Å²) in [5.74, 6) is -0.543.